The lowest BCUT2D eigenvalue weighted by Crippen LogP contribution is -2.18. The van der Waals surface area contributed by atoms with Crippen molar-refractivity contribution in [1.82, 2.24) is 0 Å². The summed E-state index contributed by atoms with van der Waals surface area (Å²) in [5, 5.41) is 12.9. The fraction of sp³-hybridized carbons (Fsp3) is 0.300. The molecule has 0 saturated carbocycles. The van der Waals surface area contributed by atoms with Gasteiger partial charge in [-0.05, 0) is 6.07 Å². The number of nitrogens with one attached hydrogen (secondary N) is 1. The lowest BCUT2D eigenvalue weighted by molar-refractivity contribution is -0.384. The average molecular weight is 277 g/mol. The normalized spacial score (nSPS) is 10.4. The van der Waals surface area contributed by atoms with Crippen LogP contribution >= 0.6 is 23.2 Å². The summed E-state index contributed by atoms with van der Waals surface area (Å²) in [6.07, 6.45) is 0. The lowest BCUT2D eigenvalue weighted by Gasteiger charge is -2.10. The predicted molar refractivity (Wildman–Crippen MR) is 66.6 cm³/mol. The van der Waals surface area contributed by atoms with Crippen molar-refractivity contribution < 1.29 is 9.72 Å². The third-order valence-corrected chi connectivity index (χ3v) is 2.91. The van der Waals surface area contributed by atoms with E-state index in [1.54, 1.807) is 13.8 Å². The van der Waals surface area contributed by atoms with Gasteiger partial charge in [0.2, 0.25) is 5.91 Å². The highest BCUT2D eigenvalue weighted by Gasteiger charge is 2.19. The van der Waals surface area contributed by atoms with E-state index in [-0.39, 0.29) is 33.2 Å². The zero-order valence-corrected chi connectivity index (χ0v) is 10.7. The molecule has 0 aliphatic rings. The number of amides is 1. The molecule has 1 aromatic rings. The van der Waals surface area contributed by atoms with Crippen LogP contribution in [0.3, 0.4) is 0 Å². The number of nitrogens with zero attached hydrogens (tertiary/aromatic N) is 1. The molecule has 0 heterocycles. The van der Waals surface area contributed by atoms with Gasteiger partial charge in [-0.2, -0.15) is 0 Å². The van der Waals surface area contributed by atoms with E-state index < -0.39 is 4.92 Å². The first-order valence-corrected chi connectivity index (χ1v) is 5.53. The molecule has 0 radical (unpaired) electrons. The second kappa shape index (κ2) is 5.33. The fourth-order valence-corrected chi connectivity index (χ4v) is 1.49. The highest BCUT2D eigenvalue weighted by molar-refractivity contribution is 6.45. The highest BCUT2D eigenvalue weighted by atomic mass is 35.5. The number of halogens is 2. The highest BCUT2D eigenvalue weighted by Crippen LogP contribution is 2.37. The van der Waals surface area contributed by atoms with Crippen molar-refractivity contribution in [3.63, 3.8) is 0 Å². The maximum atomic E-state index is 11.4. The van der Waals surface area contributed by atoms with Crippen LogP contribution in [0.1, 0.15) is 13.8 Å². The standard InChI is InChI=1S/C10H10Cl2N2O3/c1-5(2)10(15)13-6-3-4-7(14(16)17)9(12)8(6)11/h3-5H,1-2H3,(H,13,15). The van der Waals surface area contributed by atoms with Crippen LogP contribution in [0.15, 0.2) is 12.1 Å². The van der Waals surface area contributed by atoms with Gasteiger partial charge < -0.3 is 5.32 Å². The Labute approximate surface area is 108 Å². The first-order chi connectivity index (χ1) is 7.84. The average Bonchev–Trinajstić information content (AvgIpc) is 2.24. The Bertz CT molecular complexity index is 475. The molecule has 0 atom stereocenters. The lowest BCUT2D eigenvalue weighted by atomic mass is 10.2. The van der Waals surface area contributed by atoms with Gasteiger partial charge in [-0.25, -0.2) is 0 Å². The molecule has 5 nitrogen and oxygen atoms in total. The number of rotatable bonds is 3. The minimum absolute atomic E-state index is 0.0325. The van der Waals surface area contributed by atoms with Crippen LogP contribution in [0.25, 0.3) is 0 Å². The Morgan fingerprint density at radius 1 is 1.35 bits per heavy atom. The minimum atomic E-state index is -0.637. The van der Waals surface area contributed by atoms with E-state index in [1.807, 2.05) is 0 Å². The number of anilines is 1. The van der Waals surface area contributed by atoms with Gasteiger partial charge in [0, 0.05) is 12.0 Å². The van der Waals surface area contributed by atoms with Crippen molar-refractivity contribution >= 4 is 40.5 Å². The number of nitro groups is 1. The second-order valence-corrected chi connectivity index (χ2v) is 4.42. The Morgan fingerprint density at radius 3 is 2.41 bits per heavy atom. The van der Waals surface area contributed by atoms with Crippen LogP contribution in [-0.4, -0.2) is 10.8 Å². The van der Waals surface area contributed by atoms with Gasteiger partial charge in [0.25, 0.3) is 5.69 Å². The van der Waals surface area contributed by atoms with Gasteiger partial charge in [0.15, 0.2) is 0 Å². The van der Waals surface area contributed by atoms with E-state index in [4.69, 9.17) is 23.2 Å². The number of nitro benzene ring substituents is 1. The molecular formula is C10H10Cl2N2O3. The monoisotopic (exact) mass is 276 g/mol. The molecule has 0 spiro atoms. The van der Waals surface area contributed by atoms with E-state index in [0.717, 1.165) is 0 Å². The Morgan fingerprint density at radius 2 is 1.94 bits per heavy atom. The van der Waals surface area contributed by atoms with E-state index in [0.29, 0.717) is 0 Å². The van der Waals surface area contributed by atoms with Crippen LogP contribution in [-0.2, 0) is 4.79 Å². The van der Waals surface area contributed by atoms with Crippen LogP contribution < -0.4 is 5.32 Å². The maximum absolute atomic E-state index is 11.4. The molecule has 7 heteroatoms. The largest absolute Gasteiger partial charge is 0.324 e. The van der Waals surface area contributed by atoms with Crippen LogP contribution in [0.2, 0.25) is 10.0 Å². The summed E-state index contributed by atoms with van der Waals surface area (Å²) in [7, 11) is 0. The summed E-state index contributed by atoms with van der Waals surface area (Å²) in [6, 6.07) is 2.55. The molecule has 1 amide bonds. The molecule has 17 heavy (non-hydrogen) atoms. The van der Waals surface area contributed by atoms with Crippen molar-refractivity contribution in [2.24, 2.45) is 5.92 Å². The molecule has 0 aliphatic carbocycles. The summed E-state index contributed by atoms with van der Waals surface area (Å²) in [6.45, 7) is 3.44. The maximum Gasteiger partial charge on any atom is 0.289 e. The molecule has 0 aromatic heterocycles. The number of carbonyl (C=O) groups is 1. The number of carbonyl (C=O) groups excluding carboxylic acids is 1. The summed E-state index contributed by atoms with van der Waals surface area (Å²) < 4.78 is 0. The molecule has 0 saturated heterocycles. The molecule has 1 rings (SSSR count). The van der Waals surface area contributed by atoms with Gasteiger partial charge in [-0.15, -0.1) is 0 Å². The topological polar surface area (TPSA) is 72.2 Å². The van der Waals surface area contributed by atoms with Crippen molar-refractivity contribution in [2.45, 2.75) is 13.8 Å². The Balaban J connectivity index is 3.09. The first-order valence-electron chi connectivity index (χ1n) is 4.77. The molecular weight excluding hydrogens is 267 g/mol. The number of benzene rings is 1. The number of hydrogen-bond acceptors (Lipinski definition) is 3. The van der Waals surface area contributed by atoms with E-state index in [2.05, 4.69) is 5.32 Å². The van der Waals surface area contributed by atoms with Crippen molar-refractivity contribution in [1.29, 1.82) is 0 Å². The van der Waals surface area contributed by atoms with Gasteiger partial charge >= 0.3 is 0 Å². The predicted octanol–water partition coefficient (Wildman–Crippen LogP) is 3.50. The SMILES string of the molecule is CC(C)C(=O)Nc1ccc([N+](=O)[O-])c(Cl)c1Cl. The third kappa shape index (κ3) is 3.08. The molecule has 0 fully saturated rings. The molecule has 1 aromatic carbocycles. The molecule has 92 valence electrons. The van der Waals surface area contributed by atoms with E-state index in [9.17, 15) is 14.9 Å². The van der Waals surface area contributed by atoms with Gasteiger partial charge in [-0.1, -0.05) is 37.0 Å². The van der Waals surface area contributed by atoms with Gasteiger partial charge in [0.05, 0.1) is 15.6 Å². The molecule has 1 N–H and O–H groups in total. The zero-order valence-electron chi connectivity index (χ0n) is 9.16. The summed E-state index contributed by atoms with van der Waals surface area (Å²) in [4.78, 5) is 21.4. The number of hydrogen-bond donors (Lipinski definition) is 1. The van der Waals surface area contributed by atoms with Crippen molar-refractivity contribution in [3.05, 3.63) is 32.3 Å². The van der Waals surface area contributed by atoms with Crippen LogP contribution in [0.4, 0.5) is 11.4 Å². The quantitative estimate of drug-likeness (QED) is 0.678. The second-order valence-electron chi connectivity index (χ2n) is 3.66. The van der Waals surface area contributed by atoms with E-state index >= 15 is 0 Å². The smallest absolute Gasteiger partial charge is 0.289 e. The van der Waals surface area contributed by atoms with Crippen molar-refractivity contribution in [2.75, 3.05) is 5.32 Å². The third-order valence-electron chi connectivity index (χ3n) is 2.04. The van der Waals surface area contributed by atoms with E-state index in [1.165, 1.54) is 12.1 Å². The Kier molecular flexibility index (Phi) is 4.31. The van der Waals surface area contributed by atoms with Crippen LogP contribution in [0.5, 0.6) is 0 Å². The molecule has 0 aliphatic heterocycles. The minimum Gasteiger partial charge on any atom is -0.324 e. The zero-order chi connectivity index (χ0) is 13.2. The molecule has 0 bridgehead atoms. The van der Waals surface area contributed by atoms with Gasteiger partial charge in [-0.3, -0.25) is 14.9 Å². The van der Waals surface area contributed by atoms with Gasteiger partial charge in [0.1, 0.15) is 5.02 Å². The summed E-state index contributed by atoms with van der Waals surface area (Å²) in [5.41, 5.74) is -0.0276. The first kappa shape index (κ1) is 13.7. The summed E-state index contributed by atoms with van der Waals surface area (Å²) in [5.74, 6) is -0.461. The fourth-order valence-electron chi connectivity index (χ4n) is 1.05. The molecule has 0 unspecified atom stereocenters. The summed E-state index contributed by atoms with van der Waals surface area (Å²) >= 11 is 11.6. The van der Waals surface area contributed by atoms with Crippen LogP contribution in [0, 0.1) is 16.0 Å². The van der Waals surface area contributed by atoms with Crippen molar-refractivity contribution in [3.8, 4) is 0 Å². The Hall–Kier alpha value is -1.33.